The smallest absolute Gasteiger partial charge is 0.195 e. The van der Waals surface area contributed by atoms with E-state index in [-0.39, 0.29) is 11.6 Å². The summed E-state index contributed by atoms with van der Waals surface area (Å²) in [6, 6.07) is 86.1. The first kappa shape index (κ1) is 46.8. The highest BCUT2D eigenvalue weighted by atomic mass is 16.1. The van der Waals surface area contributed by atoms with Crippen LogP contribution in [0.2, 0.25) is 0 Å². The van der Waals surface area contributed by atoms with Gasteiger partial charge in [0.2, 0.25) is 0 Å². The summed E-state index contributed by atoms with van der Waals surface area (Å²) in [6.07, 6.45) is 2.39. The van der Waals surface area contributed by atoms with Crippen LogP contribution in [0, 0.1) is 23.7 Å². The number of carbonyl (C=O) groups is 2. The Morgan fingerprint density at radius 3 is 0.703 bits per heavy atom. The summed E-state index contributed by atoms with van der Waals surface area (Å²) in [5.74, 6) is 13.8. The maximum absolute atomic E-state index is 15.6. The van der Waals surface area contributed by atoms with Crippen molar-refractivity contribution in [3.8, 4) is 23.7 Å². The van der Waals surface area contributed by atoms with Crippen molar-refractivity contribution < 1.29 is 9.59 Å². The van der Waals surface area contributed by atoms with Crippen molar-refractivity contribution in [2.75, 3.05) is 0 Å². The molecule has 9 aromatic rings. The fraction of sp³-hybridized carbons (Fsp3) is 0.0556. The zero-order chi connectivity index (χ0) is 50.1. The van der Waals surface area contributed by atoms with Gasteiger partial charge in [0.05, 0.1) is 0 Å². The first-order chi connectivity index (χ1) is 36.6. The van der Waals surface area contributed by atoms with Gasteiger partial charge < -0.3 is 0 Å². The summed E-state index contributed by atoms with van der Waals surface area (Å²) < 4.78 is 0. The van der Waals surface area contributed by atoms with Crippen LogP contribution in [0.3, 0.4) is 0 Å². The third kappa shape index (κ3) is 9.87. The number of ketones is 2. The van der Waals surface area contributed by atoms with E-state index in [9.17, 15) is 0 Å². The second kappa shape index (κ2) is 21.8. The lowest BCUT2D eigenvalue weighted by atomic mass is 9.85. The fourth-order valence-electron chi connectivity index (χ4n) is 10.2. The van der Waals surface area contributed by atoms with Gasteiger partial charge >= 0.3 is 0 Å². The number of hydrogen-bond donors (Lipinski definition) is 0. The van der Waals surface area contributed by atoms with Gasteiger partial charge in [0.25, 0.3) is 0 Å². The van der Waals surface area contributed by atoms with Crippen molar-refractivity contribution in [1.29, 1.82) is 0 Å². The van der Waals surface area contributed by atoms with Crippen molar-refractivity contribution in [1.82, 2.24) is 0 Å². The Hall–Kier alpha value is -9.60. The van der Waals surface area contributed by atoms with Gasteiger partial charge in [0, 0.05) is 70.3 Å². The minimum atomic E-state index is -0.0361. The average molecular weight is 947 g/mol. The van der Waals surface area contributed by atoms with Crippen molar-refractivity contribution in [2.24, 2.45) is 0 Å². The van der Waals surface area contributed by atoms with E-state index in [0.29, 0.717) is 48.0 Å². The van der Waals surface area contributed by atoms with Crippen LogP contribution >= 0.6 is 0 Å². The summed E-state index contributed by atoms with van der Waals surface area (Å²) in [7, 11) is 0. The molecule has 2 nitrogen and oxygen atoms in total. The van der Waals surface area contributed by atoms with Crippen LogP contribution in [0.25, 0.3) is 44.6 Å². The summed E-state index contributed by atoms with van der Waals surface area (Å²) in [6.45, 7) is 0. The quantitative estimate of drug-likeness (QED) is 0.114. The van der Waals surface area contributed by atoms with Gasteiger partial charge in [-0.2, -0.15) is 0 Å². The van der Waals surface area contributed by atoms with Crippen molar-refractivity contribution in [2.45, 2.75) is 25.7 Å². The Balaban J connectivity index is 1.09. The number of hydrogen-bond acceptors (Lipinski definition) is 2. The van der Waals surface area contributed by atoms with E-state index in [1.165, 1.54) is 11.1 Å². The van der Waals surface area contributed by atoms with Crippen LogP contribution in [0.1, 0.15) is 66.8 Å². The van der Waals surface area contributed by atoms with Gasteiger partial charge in [-0.15, -0.1) is 0 Å². The molecule has 0 atom stereocenters. The first-order valence-electron chi connectivity index (χ1n) is 25.2. The van der Waals surface area contributed by atoms with E-state index in [1.807, 2.05) is 176 Å². The molecular formula is C72H50O2. The summed E-state index contributed by atoms with van der Waals surface area (Å²) >= 11 is 0. The zero-order valence-corrected chi connectivity index (χ0v) is 40.9. The lowest BCUT2D eigenvalue weighted by Crippen LogP contribution is -2.02. The third-order valence-electron chi connectivity index (χ3n) is 13.6. The monoisotopic (exact) mass is 946 g/mol. The normalized spacial score (nSPS) is 13.2. The number of benzene rings is 9. The predicted molar refractivity (Wildman–Crippen MR) is 306 cm³/mol. The van der Waals surface area contributed by atoms with Crippen LogP contribution in [0.15, 0.2) is 255 Å². The Bertz CT molecular complexity index is 3700. The maximum atomic E-state index is 15.6. The number of rotatable bonds is 12. The van der Waals surface area contributed by atoms with Gasteiger partial charge in [-0.25, -0.2) is 0 Å². The van der Waals surface area contributed by atoms with E-state index >= 15 is 9.59 Å². The Kier molecular flexibility index (Phi) is 13.8. The second-order valence-corrected chi connectivity index (χ2v) is 18.5. The number of carbonyl (C=O) groups excluding carboxylic acids is 2. The molecule has 0 fully saturated rings. The molecule has 2 aliphatic rings. The molecule has 9 aromatic carbocycles. The van der Waals surface area contributed by atoms with Gasteiger partial charge in [0.1, 0.15) is 0 Å². The van der Waals surface area contributed by atoms with Crippen LogP contribution in [-0.4, -0.2) is 11.6 Å². The zero-order valence-electron chi connectivity index (χ0n) is 40.9. The Morgan fingerprint density at radius 2 is 0.419 bits per heavy atom. The summed E-state index contributed by atoms with van der Waals surface area (Å²) in [5.41, 5.74) is 17.7. The third-order valence-corrected chi connectivity index (χ3v) is 13.6. The molecule has 2 heteroatoms. The molecule has 0 bridgehead atoms. The molecular weight excluding hydrogens is 897 g/mol. The first-order valence-corrected chi connectivity index (χ1v) is 25.2. The van der Waals surface area contributed by atoms with E-state index in [4.69, 9.17) is 0 Å². The van der Waals surface area contributed by atoms with Gasteiger partial charge in [-0.1, -0.05) is 278 Å². The average Bonchev–Trinajstić information content (AvgIpc) is 3.96. The predicted octanol–water partition coefficient (Wildman–Crippen LogP) is 15.5. The highest BCUT2D eigenvalue weighted by Crippen LogP contribution is 2.52. The summed E-state index contributed by atoms with van der Waals surface area (Å²) in [5, 5.41) is 0. The molecule has 0 amide bonds. The molecule has 0 unspecified atom stereocenters. The van der Waals surface area contributed by atoms with Gasteiger partial charge in [-0.05, 0) is 66.8 Å². The molecule has 11 rings (SSSR count). The SMILES string of the molecule is O=C1C(c2ccccc2)=C(c2ccccc2)C(c2ccc(C3=C(c4ccccc4)C(=O)C(c4ccccc4)=C3c3cc(CC#CCc4ccccc4)cc(CC#CCc4ccccc4)c3)cc2)=C1c1ccccc1. The Labute approximate surface area is 434 Å². The van der Waals surface area contributed by atoms with E-state index in [1.54, 1.807) is 0 Å². The fourth-order valence-corrected chi connectivity index (χ4v) is 10.2. The second-order valence-electron chi connectivity index (χ2n) is 18.5. The maximum Gasteiger partial charge on any atom is 0.195 e. The van der Waals surface area contributed by atoms with Crippen LogP contribution in [-0.2, 0) is 35.3 Å². The molecule has 0 saturated heterocycles. The van der Waals surface area contributed by atoms with Crippen LogP contribution < -0.4 is 0 Å². The van der Waals surface area contributed by atoms with Crippen LogP contribution in [0.4, 0.5) is 0 Å². The highest BCUT2D eigenvalue weighted by molar-refractivity contribution is 6.60. The van der Waals surface area contributed by atoms with Crippen molar-refractivity contribution >= 4 is 56.2 Å². The number of allylic oxidation sites excluding steroid dienone is 8. The van der Waals surface area contributed by atoms with Gasteiger partial charge in [0.15, 0.2) is 11.6 Å². The number of Topliss-reactive ketones (excluding diaryl/α,β-unsaturated/α-hetero) is 2. The molecule has 0 saturated carbocycles. The minimum absolute atomic E-state index is 0.0151. The lowest BCUT2D eigenvalue weighted by molar-refractivity contribution is -0.109. The molecule has 0 spiro atoms. The molecule has 350 valence electrons. The van der Waals surface area contributed by atoms with Crippen molar-refractivity contribution in [3.63, 3.8) is 0 Å². The van der Waals surface area contributed by atoms with E-state index in [2.05, 4.69) is 103 Å². The largest absolute Gasteiger partial charge is 0.289 e. The standard InChI is InChI=1S/C72H50O2/c73-71-67(56-36-14-4-15-37-56)63(55-34-12-3-13-35-55)64(68(71)57-38-16-5-17-39-57)60-44-46-61(47-45-60)65-66(70(59-42-20-7-21-43-59)72(74)69(65)58-40-18-6-19-41-58)62-49-53(32-24-22-30-51-26-8-1-9-27-51)48-54(50-62)33-25-23-31-52-28-10-2-11-29-52/h1-21,26-29,34-50H,30-33H2. The molecule has 0 aromatic heterocycles. The molecule has 0 heterocycles. The summed E-state index contributed by atoms with van der Waals surface area (Å²) in [4.78, 5) is 30.7. The topological polar surface area (TPSA) is 34.1 Å². The lowest BCUT2D eigenvalue weighted by Gasteiger charge is -2.17. The molecule has 74 heavy (non-hydrogen) atoms. The highest BCUT2D eigenvalue weighted by Gasteiger charge is 2.38. The van der Waals surface area contributed by atoms with E-state index < -0.39 is 0 Å². The molecule has 0 N–H and O–H groups in total. The molecule has 0 aliphatic heterocycles. The van der Waals surface area contributed by atoms with E-state index in [0.717, 1.165) is 77.9 Å². The van der Waals surface area contributed by atoms with Gasteiger partial charge in [-0.3, -0.25) is 9.59 Å². The Morgan fingerprint density at radius 1 is 0.203 bits per heavy atom. The van der Waals surface area contributed by atoms with Crippen molar-refractivity contribution in [3.05, 3.63) is 322 Å². The molecule has 0 radical (unpaired) electrons. The van der Waals surface area contributed by atoms with Crippen LogP contribution in [0.5, 0.6) is 0 Å². The minimum Gasteiger partial charge on any atom is -0.289 e. The molecule has 2 aliphatic carbocycles.